The van der Waals surface area contributed by atoms with E-state index in [1.54, 1.807) is 0 Å². The Morgan fingerprint density at radius 3 is 2.11 bits per heavy atom. The SMILES string of the molecule is C[Si](C)(C)C/C(N)=N/O. The number of oxime groups is 1. The zero-order valence-electron chi connectivity index (χ0n) is 6.18. The van der Waals surface area contributed by atoms with E-state index in [4.69, 9.17) is 10.9 Å². The van der Waals surface area contributed by atoms with Crippen molar-refractivity contribution in [2.45, 2.75) is 25.7 Å². The topological polar surface area (TPSA) is 58.6 Å². The molecule has 0 aromatic heterocycles. The molecule has 0 saturated carbocycles. The molecule has 3 nitrogen and oxygen atoms in total. The Kier molecular flexibility index (Phi) is 2.70. The second-order valence-electron chi connectivity index (χ2n) is 3.33. The van der Waals surface area contributed by atoms with E-state index in [0.29, 0.717) is 5.84 Å². The fourth-order valence-corrected chi connectivity index (χ4v) is 1.74. The second-order valence-corrected chi connectivity index (χ2v) is 8.80. The van der Waals surface area contributed by atoms with Gasteiger partial charge in [-0.25, -0.2) is 0 Å². The fourth-order valence-electron chi connectivity index (χ4n) is 0.579. The monoisotopic (exact) mass is 146 g/mol. The standard InChI is InChI=1S/C5H14N2OSi/c1-9(2,3)4-5(6)7-8/h8H,4H2,1-3H3,(H2,6,7). The molecule has 0 aliphatic rings. The van der Waals surface area contributed by atoms with Crippen molar-refractivity contribution in [3.8, 4) is 0 Å². The molecular formula is C5H14N2OSi. The summed E-state index contributed by atoms with van der Waals surface area (Å²) < 4.78 is 0. The number of rotatable bonds is 2. The fraction of sp³-hybridized carbons (Fsp3) is 0.800. The van der Waals surface area contributed by atoms with E-state index in [-0.39, 0.29) is 0 Å². The Labute approximate surface area is 56.6 Å². The molecule has 9 heavy (non-hydrogen) atoms. The van der Waals surface area contributed by atoms with Gasteiger partial charge in [0, 0.05) is 6.04 Å². The number of nitrogens with two attached hydrogens (primary N) is 1. The van der Waals surface area contributed by atoms with Crippen molar-refractivity contribution >= 4 is 13.9 Å². The third-order valence-corrected chi connectivity index (χ3v) is 2.26. The van der Waals surface area contributed by atoms with Crippen molar-refractivity contribution in [2.75, 3.05) is 0 Å². The summed E-state index contributed by atoms with van der Waals surface area (Å²) >= 11 is 0. The summed E-state index contributed by atoms with van der Waals surface area (Å²) in [5, 5.41) is 11.1. The molecule has 0 aliphatic heterocycles. The maximum atomic E-state index is 8.18. The zero-order chi connectivity index (χ0) is 7.49. The summed E-state index contributed by atoms with van der Waals surface area (Å²) in [5.41, 5.74) is 5.29. The van der Waals surface area contributed by atoms with Crippen LogP contribution in [0.3, 0.4) is 0 Å². The molecule has 0 fully saturated rings. The molecule has 0 aliphatic carbocycles. The molecule has 54 valence electrons. The molecular weight excluding hydrogens is 132 g/mol. The van der Waals surface area contributed by atoms with Crippen LogP contribution in [-0.2, 0) is 0 Å². The predicted molar refractivity (Wildman–Crippen MR) is 41.6 cm³/mol. The van der Waals surface area contributed by atoms with E-state index in [2.05, 4.69) is 24.8 Å². The first-order chi connectivity index (χ1) is 3.95. The van der Waals surface area contributed by atoms with Crippen molar-refractivity contribution in [3.63, 3.8) is 0 Å². The van der Waals surface area contributed by atoms with Crippen LogP contribution in [0.5, 0.6) is 0 Å². The summed E-state index contributed by atoms with van der Waals surface area (Å²) in [6, 6.07) is 0.767. The highest BCUT2D eigenvalue weighted by molar-refractivity contribution is 6.78. The van der Waals surface area contributed by atoms with Crippen LogP contribution in [0, 0.1) is 0 Å². The Bertz CT molecular complexity index is 117. The van der Waals surface area contributed by atoms with Crippen molar-refractivity contribution < 1.29 is 5.21 Å². The number of amidine groups is 1. The first-order valence-electron chi connectivity index (χ1n) is 2.92. The van der Waals surface area contributed by atoms with Gasteiger partial charge in [-0.1, -0.05) is 24.8 Å². The van der Waals surface area contributed by atoms with E-state index in [1.807, 2.05) is 0 Å². The van der Waals surface area contributed by atoms with Crippen LogP contribution in [0.4, 0.5) is 0 Å². The molecule has 0 rings (SSSR count). The smallest absolute Gasteiger partial charge is 0.136 e. The average Bonchev–Trinajstić information content (AvgIpc) is 1.62. The second kappa shape index (κ2) is 2.86. The van der Waals surface area contributed by atoms with Gasteiger partial charge in [0.1, 0.15) is 5.84 Å². The van der Waals surface area contributed by atoms with Gasteiger partial charge < -0.3 is 10.9 Å². The van der Waals surface area contributed by atoms with Gasteiger partial charge in [0.15, 0.2) is 0 Å². The highest BCUT2D eigenvalue weighted by Crippen LogP contribution is 2.06. The van der Waals surface area contributed by atoms with Gasteiger partial charge in [0.2, 0.25) is 0 Å². The van der Waals surface area contributed by atoms with E-state index < -0.39 is 8.07 Å². The Morgan fingerprint density at radius 2 is 2.00 bits per heavy atom. The van der Waals surface area contributed by atoms with E-state index in [1.165, 1.54) is 0 Å². The highest BCUT2D eigenvalue weighted by atomic mass is 28.3. The van der Waals surface area contributed by atoms with Crippen LogP contribution in [0.2, 0.25) is 25.7 Å². The van der Waals surface area contributed by atoms with Crippen molar-refractivity contribution in [3.05, 3.63) is 0 Å². The normalized spacial score (nSPS) is 13.9. The lowest BCUT2D eigenvalue weighted by Crippen LogP contribution is -2.28. The molecule has 0 spiro atoms. The van der Waals surface area contributed by atoms with Gasteiger partial charge in [-0.15, -0.1) is 0 Å². The summed E-state index contributed by atoms with van der Waals surface area (Å²) in [6.07, 6.45) is 0. The van der Waals surface area contributed by atoms with Gasteiger partial charge in [0.25, 0.3) is 0 Å². The van der Waals surface area contributed by atoms with Gasteiger partial charge in [-0.3, -0.25) is 0 Å². The van der Waals surface area contributed by atoms with Gasteiger partial charge >= 0.3 is 0 Å². The molecule has 3 N–H and O–H groups in total. The molecule has 0 aromatic rings. The zero-order valence-corrected chi connectivity index (χ0v) is 7.18. The maximum Gasteiger partial charge on any atom is 0.136 e. The lowest BCUT2D eigenvalue weighted by Gasteiger charge is -2.12. The highest BCUT2D eigenvalue weighted by Gasteiger charge is 2.14. The Balaban J connectivity index is 3.75. The molecule has 0 radical (unpaired) electrons. The Morgan fingerprint density at radius 1 is 1.56 bits per heavy atom. The third-order valence-electron chi connectivity index (χ3n) is 0.840. The summed E-state index contributed by atoms with van der Waals surface area (Å²) in [4.78, 5) is 0. The summed E-state index contributed by atoms with van der Waals surface area (Å²) in [5.74, 6) is 0.356. The van der Waals surface area contributed by atoms with E-state index >= 15 is 0 Å². The molecule has 0 bridgehead atoms. The van der Waals surface area contributed by atoms with Crippen LogP contribution in [0.1, 0.15) is 0 Å². The molecule has 0 amide bonds. The lowest BCUT2D eigenvalue weighted by molar-refractivity contribution is 0.318. The molecule has 0 saturated heterocycles. The Hall–Kier alpha value is -0.513. The van der Waals surface area contributed by atoms with Crippen LogP contribution in [0.25, 0.3) is 0 Å². The van der Waals surface area contributed by atoms with Crippen LogP contribution >= 0.6 is 0 Å². The molecule has 0 aromatic carbocycles. The maximum absolute atomic E-state index is 8.18. The van der Waals surface area contributed by atoms with Gasteiger partial charge in [0.05, 0.1) is 8.07 Å². The molecule has 0 unspecified atom stereocenters. The minimum Gasteiger partial charge on any atom is -0.409 e. The molecule has 0 atom stereocenters. The van der Waals surface area contributed by atoms with Crippen LogP contribution in [0.15, 0.2) is 5.16 Å². The van der Waals surface area contributed by atoms with Crippen molar-refractivity contribution in [1.82, 2.24) is 0 Å². The third kappa shape index (κ3) is 5.36. The minimum absolute atomic E-state index is 0.356. The largest absolute Gasteiger partial charge is 0.409 e. The van der Waals surface area contributed by atoms with Gasteiger partial charge in [-0.2, -0.15) is 0 Å². The van der Waals surface area contributed by atoms with Gasteiger partial charge in [-0.05, 0) is 0 Å². The number of nitrogens with zero attached hydrogens (tertiary/aromatic N) is 1. The molecule has 4 heteroatoms. The van der Waals surface area contributed by atoms with Crippen LogP contribution in [-0.4, -0.2) is 19.1 Å². The minimum atomic E-state index is -1.16. The molecule has 0 heterocycles. The van der Waals surface area contributed by atoms with Crippen molar-refractivity contribution in [2.24, 2.45) is 10.9 Å². The summed E-state index contributed by atoms with van der Waals surface area (Å²) in [7, 11) is -1.16. The average molecular weight is 146 g/mol. The number of hydrogen-bond donors (Lipinski definition) is 2. The number of hydrogen-bond acceptors (Lipinski definition) is 2. The van der Waals surface area contributed by atoms with E-state index in [9.17, 15) is 0 Å². The first-order valence-corrected chi connectivity index (χ1v) is 6.63. The lowest BCUT2D eigenvalue weighted by atomic mass is 10.7. The quantitative estimate of drug-likeness (QED) is 0.201. The first kappa shape index (κ1) is 8.49. The van der Waals surface area contributed by atoms with Crippen LogP contribution < -0.4 is 5.73 Å². The predicted octanol–water partition coefficient (Wildman–Crippen LogP) is 1.07. The summed E-state index contributed by atoms with van der Waals surface area (Å²) in [6.45, 7) is 6.52. The van der Waals surface area contributed by atoms with E-state index in [0.717, 1.165) is 6.04 Å². The van der Waals surface area contributed by atoms with Crippen molar-refractivity contribution in [1.29, 1.82) is 0 Å².